The van der Waals surface area contributed by atoms with Crippen molar-refractivity contribution in [2.45, 2.75) is 39.8 Å². The normalized spacial score (nSPS) is 15.6. The third kappa shape index (κ3) is 2.68. The fourth-order valence-corrected chi connectivity index (χ4v) is 2.55. The molecule has 3 amide bonds. The summed E-state index contributed by atoms with van der Waals surface area (Å²) < 4.78 is 0. The van der Waals surface area contributed by atoms with Gasteiger partial charge in [-0.3, -0.25) is 19.3 Å². The average molecular weight is 288 g/mol. The predicted molar refractivity (Wildman–Crippen MR) is 78.8 cm³/mol. The minimum atomic E-state index is -0.792. The van der Waals surface area contributed by atoms with E-state index in [9.17, 15) is 14.4 Å². The van der Waals surface area contributed by atoms with Gasteiger partial charge in [0, 0.05) is 6.04 Å². The Kier molecular flexibility index (Phi) is 4.11. The first-order chi connectivity index (χ1) is 9.84. The quantitative estimate of drug-likeness (QED) is 0.860. The molecule has 0 aliphatic carbocycles. The highest BCUT2D eigenvalue weighted by molar-refractivity contribution is 6.22. The molecule has 1 aromatic rings. The van der Waals surface area contributed by atoms with Gasteiger partial charge in [0.15, 0.2) is 0 Å². The van der Waals surface area contributed by atoms with E-state index in [1.54, 1.807) is 24.3 Å². The van der Waals surface area contributed by atoms with Gasteiger partial charge < -0.3 is 5.32 Å². The molecular weight excluding hydrogens is 268 g/mol. The lowest BCUT2D eigenvalue weighted by Crippen LogP contribution is -2.53. The Bertz CT molecular complexity index is 558. The molecule has 0 fully saturated rings. The van der Waals surface area contributed by atoms with Gasteiger partial charge in [-0.15, -0.1) is 0 Å². The predicted octanol–water partition coefficient (Wildman–Crippen LogP) is 1.83. The number of nitrogens with one attached hydrogen (secondary N) is 1. The second-order valence-corrected chi connectivity index (χ2v) is 5.88. The van der Waals surface area contributed by atoms with E-state index < -0.39 is 17.9 Å². The Morgan fingerprint density at radius 3 is 1.86 bits per heavy atom. The summed E-state index contributed by atoms with van der Waals surface area (Å²) in [5.74, 6) is -1.25. The van der Waals surface area contributed by atoms with Gasteiger partial charge in [-0.25, -0.2) is 0 Å². The Labute approximate surface area is 124 Å². The van der Waals surface area contributed by atoms with Gasteiger partial charge in [0.2, 0.25) is 5.91 Å². The Balaban J connectivity index is 2.38. The van der Waals surface area contributed by atoms with Gasteiger partial charge in [0.25, 0.3) is 11.8 Å². The molecule has 5 heteroatoms. The van der Waals surface area contributed by atoms with Crippen molar-refractivity contribution >= 4 is 17.7 Å². The van der Waals surface area contributed by atoms with Crippen molar-refractivity contribution in [3.8, 4) is 0 Å². The highest BCUT2D eigenvalue weighted by Gasteiger charge is 2.43. The van der Waals surface area contributed by atoms with Crippen molar-refractivity contribution in [3.05, 3.63) is 35.4 Å². The lowest BCUT2D eigenvalue weighted by molar-refractivity contribution is -0.126. The van der Waals surface area contributed by atoms with Crippen LogP contribution in [0.25, 0.3) is 0 Å². The fourth-order valence-electron chi connectivity index (χ4n) is 2.55. The van der Waals surface area contributed by atoms with Crippen molar-refractivity contribution in [2.75, 3.05) is 0 Å². The highest BCUT2D eigenvalue weighted by Crippen LogP contribution is 2.27. The van der Waals surface area contributed by atoms with Gasteiger partial charge in [-0.2, -0.15) is 0 Å². The molecule has 112 valence electrons. The van der Waals surface area contributed by atoms with Crippen molar-refractivity contribution < 1.29 is 14.4 Å². The first-order valence-electron chi connectivity index (χ1n) is 7.12. The van der Waals surface area contributed by atoms with Crippen LogP contribution in [0, 0.1) is 5.92 Å². The van der Waals surface area contributed by atoms with Crippen LogP contribution in [0.1, 0.15) is 48.4 Å². The number of hydrogen-bond donors (Lipinski definition) is 1. The molecule has 0 spiro atoms. The maximum Gasteiger partial charge on any atom is 0.262 e. The Morgan fingerprint density at radius 2 is 1.48 bits per heavy atom. The van der Waals surface area contributed by atoms with Gasteiger partial charge in [0.05, 0.1) is 11.1 Å². The number of carbonyl (C=O) groups excluding carboxylic acids is 3. The molecule has 1 aliphatic heterocycles. The van der Waals surface area contributed by atoms with E-state index in [2.05, 4.69) is 5.32 Å². The number of hydrogen-bond acceptors (Lipinski definition) is 3. The second-order valence-electron chi connectivity index (χ2n) is 5.88. The van der Waals surface area contributed by atoms with E-state index in [4.69, 9.17) is 0 Å². The molecule has 1 heterocycles. The van der Waals surface area contributed by atoms with Crippen molar-refractivity contribution in [2.24, 2.45) is 5.92 Å². The van der Waals surface area contributed by atoms with Crippen LogP contribution in [-0.2, 0) is 4.79 Å². The zero-order valence-electron chi connectivity index (χ0n) is 12.7. The summed E-state index contributed by atoms with van der Waals surface area (Å²) >= 11 is 0. The van der Waals surface area contributed by atoms with Crippen LogP contribution >= 0.6 is 0 Å². The first kappa shape index (κ1) is 15.2. The summed E-state index contributed by atoms with van der Waals surface area (Å²) in [6.07, 6.45) is 0. The molecule has 0 saturated heterocycles. The smallest absolute Gasteiger partial charge is 0.262 e. The summed E-state index contributed by atoms with van der Waals surface area (Å²) in [6, 6.07) is 5.83. The maximum absolute atomic E-state index is 12.5. The molecule has 1 N–H and O–H groups in total. The molecule has 5 nitrogen and oxygen atoms in total. The first-order valence-corrected chi connectivity index (χ1v) is 7.12. The van der Waals surface area contributed by atoms with Crippen LogP contribution < -0.4 is 5.32 Å². The molecular formula is C16H20N2O3. The van der Waals surface area contributed by atoms with Crippen LogP contribution in [0.5, 0.6) is 0 Å². The third-order valence-corrected chi connectivity index (χ3v) is 3.43. The number of rotatable bonds is 4. The van der Waals surface area contributed by atoms with E-state index in [0.29, 0.717) is 11.1 Å². The number of nitrogens with zero attached hydrogens (tertiary/aromatic N) is 1. The summed E-state index contributed by atoms with van der Waals surface area (Å²) in [4.78, 5) is 38.4. The summed E-state index contributed by atoms with van der Waals surface area (Å²) in [6.45, 7) is 7.34. The number of benzene rings is 1. The van der Waals surface area contributed by atoms with Crippen LogP contribution in [-0.4, -0.2) is 34.7 Å². The van der Waals surface area contributed by atoms with Gasteiger partial charge in [-0.05, 0) is 31.9 Å². The number of amides is 3. The van der Waals surface area contributed by atoms with E-state index >= 15 is 0 Å². The number of carbonyl (C=O) groups is 3. The van der Waals surface area contributed by atoms with Crippen LogP contribution in [0.2, 0.25) is 0 Å². The second kappa shape index (κ2) is 5.68. The zero-order valence-corrected chi connectivity index (χ0v) is 12.7. The lowest BCUT2D eigenvalue weighted by Gasteiger charge is -2.29. The molecule has 1 atom stereocenters. The lowest BCUT2D eigenvalue weighted by atomic mass is 10.0. The standard InChI is InChI=1S/C16H20N2O3/c1-9(2)13(14(19)17-10(3)4)18-15(20)11-7-5-6-8-12(11)16(18)21/h5-10,13H,1-4H3,(H,17,19). The van der Waals surface area contributed by atoms with Gasteiger partial charge >= 0.3 is 0 Å². The summed E-state index contributed by atoms with van der Waals surface area (Å²) in [5, 5.41) is 2.78. The van der Waals surface area contributed by atoms with Crippen molar-refractivity contribution in [1.82, 2.24) is 10.2 Å². The SMILES string of the molecule is CC(C)NC(=O)C(C(C)C)N1C(=O)c2ccccc2C1=O. The van der Waals surface area contributed by atoms with Gasteiger partial charge in [0.1, 0.15) is 6.04 Å². The molecule has 1 aromatic carbocycles. The maximum atomic E-state index is 12.5. The van der Waals surface area contributed by atoms with E-state index in [1.165, 1.54) is 0 Å². The van der Waals surface area contributed by atoms with Crippen molar-refractivity contribution in [1.29, 1.82) is 0 Å². The van der Waals surface area contributed by atoms with E-state index in [0.717, 1.165) is 4.90 Å². The van der Waals surface area contributed by atoms with Crippen molar-refractivity contribution in [3.63, 3.8) is 0 Å². The highest BCUT2D eigenvalue weighted by atomic mass is 16.2. The molecule has 1 unspecified atom stereocenters. The van der Waals surface area contributed by atoms with E-state index in [1.807, 2.05) is 27.7 Å². The summed E-state index contributed by atoms with van der Waals surface area (Å²) in [5.41, 5.74) is 0.732. The Morgan fingerprint density at radius 1 is 1.00 bits per heavy atom. The average Bonchev–Trinajstić information content (AvgIpc) is 2.64. The molecule has 0 saturated carbocycles. The monoisotopic (exact) mass is 288 g/mol. The molecule has 0 radical (unpaired) electrons. The number of imide groups is 1. The third-order valence-electron chi connectivity index (χ3n) is 3.43. The minimum Gasteiger partial charge on any atom is -0.352 e. The minimum absolute atomic E-state index is 0.0473. The van der Waals surface area contributed by atoms with Crippen LogP contribution in [0.15, 0.2) is 24.3 Å². The summed E-state index contributed by atoms with van der Waals surface area (Å²) in [7, 11) is 0. The topological polar surface area (TPSA) is 66.5 Å². The molecule has 0 bridgehead atoms. The van der Waals surface area contributed by atoms with Gasteiger partial charge in [-0.1, -0.05) is 26.0 Å². The zero-order chi connectivity index (χ0) is 15.7. The Hall–Kier alpha value is -2.17. The van der Waals surface area contributed by atoms with E-state index in [-0.39, 0.29) is 17.9 Å². The molecule has 0 aromatic heterocycles. The largest absolute Gasteiger partial charge is 0.352 e. The molecule has 21 heavy (non-hydrogen) atoms. The fraction of sp³-hybridized carbons (Fsp3) is 0.438. The molecule has 2 rings (SSSR count). The number of fused-ring (bicyclic) bond motifs is 1. The van der Waals surface area contributed by atoms with Crippen LogP contribution in [0.3, 0.4) is 0 Å². The van der Waals surface area contributed by atoms with Crippen LogP contribution in [0.4, 0.5) is 0 Å². The molecule has 1 aliphatic rings.